The van der Waals surface area contributed by atoms with Gasteiger partial charge < -0.3 is 25.4 Å². The average molecular weight is 445 g/mol. The highest BCUT2D eigenvalue weighted by molar-refractivity contribution is 7.85. The van der Waals surface area contributed by atoms with Gasteiger partial charge in [0.05, 0.1) is 18.7 Å². The SMILES string of the molecule is O=S(=O)(O)CCCCCCCNc1ncnc2c1ncn2C1OC(CO)C(O)C1O. The summed E-state index contributed by atoms with van der Waals surface area (Å²) in [5.74, 6) is 0.319. The minimum atomic E-state index is -3.88. The first-order valence-electron chi connectivity index (χ1n) is 9.81. The first-order valence-corrected chi connectivity index (χ1v) is 11.4. The standard InChI is InChI=1S/C17H27N5O7S/c23-8-11-13(24)14(25)17(29-11)22-10-21-12-15(19-9-20-16(12)22)18-6-4-2-1-3-5-7-30(26,27)28/h9-11,13-14,17,23-25H,1-8H2,(H,18,19,20)(H,26,27,28). The van der Waals surface area contributed by atoms with Gasteiger partial charge in [-0.25, -0.2) is 15.0 Å². The van der Waals surface area contributed by atoms with Crippen molar-refractivity contribution in [1.29, 1.82) is 0 Å². The van der Waals surface area contributed by atoms with Crippen molar-refractivity contribution < 1.29 is 33.0 Å². The molecule has 0 aromatic carbocycles. The molecule has 0 spiro atoms. The van der Waals surface area contributed by atoms with Crippen molar-refractivity contribution in [2.45, 2.75) is 56.6 Å². The van der Waals surface area contributed by atoms with Gasteiger partial charge in [0.15, 0.2) is 23.2 Å². The number of anilines is 1. The molecule has 168 valence electrons. The fourth-order valence-corrected chi connectivity index (χ4v) is 3.99. The van der Waals surface area contributed by atoms with Gasteiger partial charge in [0.25, 0.3) is 10.1 Å². The summed E-state index contributed by atoms with van der Waals surface area (Å²) in [5, 5.41) is 32.6. The second kappa shape index (κ2) is 9.94. The van der Waals surface area contributed by atoms with E-state index < -0.39 is 41.3 Å². The summed E-state index contributed by atoms with van der Waals surface area (Å²) < 4.78 is 37.1. The largest absolute Gasteiger partial charge is 0.394 e. The molecular weight excluding hydrogens is 418 g/mol. The molecule has 4 unspecified atom stereocenters. The van der Waals surface area contributed by atoms with E-state index in [2.05, 4.69) is 20.3 Å². The summed E-state index contributed by atoms with van der Waals surface area (Å²) in [6.07, 6.45) is 2.31. The van der Waals surface area contributed by atoms with E-state index in [1.807, 2.05) is 0 Å². The molecule has 30 heavy (non-hydrogen) atoms. The minimum absolute atomic E-state index is 0.206. The van der Waals surface area contributed by atoms with Crippen LogP contribution in [0.5, 0.6) is 0 Å². The van der Waals surface area contributed by atoms with Crippen LogP contribution >= 0.6 is 0 Å². The van der Waals surface area contributed by atoms with Crippen molar-refractivity contribution >= 4 is 27.1 Å². The molecule has 0 radical (unpaired) electrons. The van der Waals surface area contributed by atoms with Gasteiger partial charge in [-0.3, -0.25) is 9.12 Å². The van der Waals surface area contributed by atoms with Crippen LogP contribution in [0, 0.1) is 0 Å². The van der Waals surface area contributed by atoms with Gasteiger partial charge in [0.2, 0.25) is 0 Å². The molecule has 1 aliphatic heterocycles. The number of nitrogens with zero attached hydrogens (tertiary/aromatic N) is 4. The number of imidazole rings is 1. The van der Waals surface area contributed by atoms with Gasteiger partial charge in [-0.2, -0.15) is 8.42 Å². The van der Waals surface area contributed by atoms with Crippen molar-refractivity contribution in [3.8, 4) is 0 Å². The molecule has 13 heteroatoms. The molecule has 12 nitrogen and oxygen atoms in total. The van der Waals surface area contributed by atoms with Crippen LogP contribution < -0.4 is 5.32 Å². The van der Waals surface area contributed by atoms with E-state index in [1.165, 1.54) is 17.2 Å². The van der Waals surface area contributed by atoms with Gasteiger partial charge >= 0.3 is 0 Å². The molecule has 1 aliphatic rings. The molecule has 4 atom stereocenters. The third-order valence-corrected chi connectivity index (χ3v) is 5.83. The summed E-state index contributed by atoms with van der Waals surface area (Å²) in [6.45, 7) is 0.212. The van der Waals surface area contributed by atoms with Gasteiger partial charge in [-0.1, -0.05) is 19.3 Å². The van der Waals surface area contributed by atoms with E-state index in [0.29, 0.717) is 29.9 Å². The van der Waals surface area contributed by atoms with Crippen LogP contribution in [-0.2, 0) is 14.9 Å². The minimum Gasteiger partial charge on any atom is -0.394 e. The number of fused-ring (bicyclic) bond motifs is 1. The third kappa shape index (κ3) is 5.42. The molecule has 0 amide bonds. The zero-order chi connectivity index (χ0) is 21.7. The summed E-state index contributed by atoms with van der Waals surface area (Å²) in [7, 11) is -3.88. The van der Waals surface area contributed by atoms with E-state index in [0.717, 1.165) is 25.7 Å². The molecule has 0 aliphatic carbocycles. The van der Waals surface area contributed by atoms with E-state index in [-0.39, 0.29) is 5.75 Å². The van der Waals surface area contributed by atoms with Crippen molar-refractivity contribution in [3.63, 3.8) is 0 Å². The molecule has 1 fully saturated rings. The highest BCUT2D eigenvalue weighted by Gasteiger charge is 2.44. The summed E-state index contributed by atoms with van der Waals surface area (Å²) in [6, 6.07) is 0. The Kier molecular flexibility index (Phi) is 7.55. The quantitative estimate of drug-likeness (QED) is 0.226. The molecule has 0 bridgehead atoms. The van der Waals surface area contributed by atoms with Crippen molar-refractivity contribution in [2.24, 2.45) is 0 Å². The first kappa shape index (κ1) is 22.8. The van der Waals surface area contributed by atoms with Gasteiger partial charge in [0.1, 0.15) is 24.6 Å². The second-order valence-electron chi connectivity index (χ2n) is 7.26. The molecule has 1 saturated heterocycles. The van der Waals surface area contributed by atoms with Gasteiger partial charge in [-0.05, 0) is 12.8 Å². The van der Waals surface area contributed by atoms with Crippen LogP contribution in [0.4, 0.5) is 5.82 Å². The fourth-order valence-electron chi connectivity index (χ4n) is 3.42. The molecule has 5 N–H and O–H groups in total. The van der Waals surface area contributed by atoms with Crippen LogP contribution in [0.3, 0.4) is 0 Å². The van der Waals surface area contributed by atoms with Crippen LogP contribution in [0.2, 0.25) is 0 Å². The Morgan fingerprint density at radius 1 is 1.07 bits per heavy atom. The van der Waals surface area contributed by atoms with Crippen LogP contribution in [0.15, 0.2) is 12.7 Å². The Morgan fingerprint density at radius 3 is 2.50 bits per heavy atom. The molecule has 2 aromatic heterocycles. The Balaban J connectivity index is 1.53. The number of aliphatic hydroxyl groups is 3. The second-order valence-corrected chi connectivity index (χ2v) is 8.83. The van der Waals surface area contributed by atoms with E-state index >= 15 is 0 Å². The van der Waals surface area contributed by atoms with Crippen LogP contribution in [0.1, 0.15) is 38.3 Å². The van der Waals surface area contributed by atoms with Crippen LogP contribution in [-0.4, -0.2) is 85.0 Å². The Hall–Kier alpha value is -1.90. The summed E-state index contributed by atoms with van der Waals surface area (Å²) in [5.41, 5.74) is 0.913. The monoisotopic (exact) mass is 445 g/mol. The van der Waals surface area contributed by atoms with E-state index in [1.54, 1.807) is 0 Å². The van der Waals surface area contributed by atoms with Gasteiger partial charge in [0, 0.05) is 6.54 Å². The lowest BCUT2D eigenvalue weighted by atomic mass is 10.1. The number of ether oxygens (including phenoxy) is 1. The maximum atomic E-state index is 10.7. The lowest BCUT2D eigenvalue weighted by molar-refractivity contribution is -0.0511. The maximum Gasteiger partial charge on any atom is 0.264 e. The lowest BCUT2D eigenvalue weighted by Crippen LogP contribution is -2.33. The van der Waals surface area contributed by atoms with E-state index in [9.17, 15) is 23.7 Å². The number of hydrogen-bond acceptors (Lipinski definition) is 10. The number of nitrogens with one attached hydrogen (secondary N) is 1. The lowest BCUT2D eigenvalue weighted by Gasteiger charge is -2.16. The van der Waals surface area contributed by atoms with E-state index in [4.69, 9.17) is 9.29 Å². The molecule has 0 saturated carbocycles. The summed E-state index contributed by atoms with van der Waals surface area (Å²) in [4.78, 5) is 12.7. The zero-order valence-electron chi connectivity index (χ0n) is 16.3. The topological polar surface area (TPSA) is 180 Å². The van der Waals surface area contributed by atoms with Crippen molar-refractivity contribution in [1.82, 2.24) is 19.5 Å². The molecule has 3 heterocycles. The zero-order valence-corrected chi connectivity index (χ0v) is 17.1. The molecular formula is C17H27N5O7S. The van der Waals surface area contributed by atoms with Crippen LogP contribution in [0.25, 0.3) is 11.2 Å². The Morgan fingerprint density at radius 2 is 1.80 bits per heavy atom. The predicted molar refractivity (Wildman–Crippen MR) is 106 cm³/mol. The summed E-state index contributed by atoms with van der Waals surface area (Å²) >= 11 is 0. The molecule has 2 aromatic rings. The number of rotatable bonds is 11. The highest BCUT2D eigenvalue weighted by Crippen LogP contribution is 2.32. The Labute approximate surface area is 173 Å². The number of aromatic nitrogens is 4. The predicted octanol–water partition coefficient (Wildman–Crippen LogP) is -0.312. The highest BCUT2D eigenvalue weighted by atomic mass is 32.2. The van der Waals surface area contributed by atoms with Crippen molar-refractivity contribution in [3.05, 3.63) is 12.7 Å². The smallest absolute Gasteiger partial charge is 0.264 e. The first-order chi connectivity index (χ1) is 14.3. The average Bonchev–Trinajstić information content (AvgIpc) is 3.25. The third-order valence-electron chi connectivity index (χ3n) is 5.02. The maximum absolute atomic E-state index is 10.7. The normalized spacial score (nSPS) is 24.5. The number of unbranched alkanes of at least 4 members (excludes halogenated alkanes) is 4. The Bertz CT molecular complexity index is 938. The van der Waals surface area contributed by atoms with Crippen molar-refractivity contribution in [2.75, 3.05) is 24.2 Å². The molecule has 3 rings (SSSR count). The number of aliphatic hydroxyl groups excluding tert-OH is 3. The number of hydrogen-bond donors (Lipinski definition) is 5. The fraction of sp³-hybridized carbons (Fsp3) is 0.706. The van der Waals surface area contributed by atoms with Gasteiger partial charge in [-0.15, -0.1) is 0 Å².